The van der Waals surface area contributed by atoms with Gasteiger partial charge in [0.1, 0.15) is 11.5 Å². The summed E-state index contributed by atoms with van der Waals surface area (Å²) < 4.78 is 51.5. The van der Waals surface area contributed by atoms with Crippen LogP contribution in [0.15, 0.2) is 41.3 Å². The molecule has 0 aliphatic rings. The number of carbonyl (C=O) groups is 1. The Morgan fingerprint density at radius 2 is 1.81 bits per heavy atom. The summed E-state index contributed by atoms with van der Waals surface area (Å²) in [5.74, 6) is -1.51. The molecule has 0 aliphatic carbocycles. The number of methoxy groups -OCH3 is 2. The molecule has 2 aromatic carbocycles. The van der Waals surface area contributed by atoms with E-state index >= 15 is 0 Å². The Balaban J connectivity index is 2.12. The predicted octanol–water partition coefficient (Wildman–Crippen LogP) is 2.82. The van der Waals surface area contributed by atoms with Crippen molar-refractivity contribution in [3.8, 4) is 11.5 Å². The molecule has 142 valence electrons. The summed E-state index contributed by atoms with van der Waals surface area (Å²) >= 11 is 0. The fourth-order valence-corrected chi connectivity index (χ4v) is 3.72. The lowest BCUT2D eigenvalue weighted by atomic mass is 10.2. The van der Waals surface area contributed by atoms with Gasteiger partial charge in [0.2, 0.25) is 0 Å². The zero-order valence-corrected chi connectivity index (χ0v) is 15.1. The highest BCUT2D eigenvalue weighted by molar-refractivity contribution is 7.92. The quantitative estimate of drug-likeness (QED) is 0.592. The number of fused-ring (bicyclic) bond motifs is 1. The van der Waals surface area contributed by atoms with Crippen molar-refractivity contribution in [2.75, 3.05) is 18.9 Å². The molecule has 0 saturated carbocycles. The van der Waals surface area contributed by atoms with Gasteiger partial charge in [-0.3, -0.25) is 4.72 Å². The Morgan fingerprint density at radius 3 is 2.44 bits per heavy atom. The highest BCUT2D eigenvalue weighted by atomic mass is 32.2. The maximum absolute atomic E-state index is 13.6. The molecule has 0 bridgehead atoms. The van der Waals surface area contributed by atoms with Crippen molar-refractivity contribution in [3.05, 3.63) is 47.9 Å². The molecule has 1 heterocycles. The van der Waals surface area contributed by atoms with Crippen LogP contribution in [-0.2, 0) is 10.0 Å². The van der Waals surface area contributed by atoms with Gasteiger partial charge in [0.15, 0.2) is 11.5 Å². The molecule has 3 aromatic rings. The molecule has 0 atom stereocenters. The number of H-pyrrole nitrogens is 1. The Labute approximate surface area is 153 Å². The predicted molar refractivity (Wildman–Crippen MR) is 95.6 cm³/mol. The minimum absolute atomic E-state index is 0.0939. The van der Waals surface area contributed by atoms with Gasteiger partial charge in [0.05, 0.1) is 24.8 Å². The largest absolute Gasteiger partial charge is 0.493 e. The van der Waals surface area contributed by atoms with Crippen LogP contribution >= 0.6 is 0 Å². The fourth-order valence-electron chi connectivity index (χ4n) is 2.61. The molecule has 3 N–H and O–H groups in total. The number of nitrogens with one attached hydrogen (secondary N) is 2. The minimum Gasteiger partial charge on any atom is -0.493 e. The van der Waals surface area contributed by atoms with E-state index in [4.69, 9.17) is 9.47 Å². The number of hydrogen-bond acceptors (Lipinski definition) is 5. The van der Waals surface area contributed by atoms with Crippen LogP contribution in [0.4, 0.5) is 10.1 Å². The normalized spacial score (nSPS) is 11.4. The third kappa shape index (κ3) is 3.38. The summed E-state index contributed by atoms with van der Waals surface area (Å²) in [5, 5.41) is 9.45. The summed E-state index contributed by atoms with van der Waals surface area (Å²) in [7, 11) is -1.43. The van der Waals surface area contributed by atoms with Crippen molar-refractivity contribution in [3.63, 3.8) is 0 Å². The van der Waals surface area contributed by atoms with E-state index in [1.54, 1.807) is 0 Å². The lowest BCUT2D eigenvalue weighted by Gasteiger charge is -2.12. The minimum atomic E-state index is -4.19. The number of carboxylic acid groups (broad SMARTS) is 1. The third-order valence-electron chi connectivity index (χ3n) is 3.88. The lowest BCUT2D eigenvalue weighted by Crippen LogP contribution is -2.15. The van der Waals surface area contributed by atoms with Gasteiger partial charge >= 0.3 is 5.97 Å². The smallest absolute Gasteiger partial charge is 0.354 e. The van der Waals surface area contributed by atoms with Crippen LogP contribution < -0.4 is 14.2 Å². The molecule has 3 rings (SSSR count). The number of aromatic amines is 1. The van der Waals surface area contributed by atoms with Gasteiger partial charge in [-0.05, 0) is 30.3 Å². The first-order valence-electron chi connectivity index (χ1n) is 7.56. The Hall–Kier alpha value is -3.27. The molecular formula is C17H15FN2O6S. The molecule has 0 amide bonds. The molecular weight excluding hydrogens is 379 g/mol. The first-order chi connectivity index (χ1) is 12.8. The van der Waals surface area contributed by atoms with Crippen molar-refractivity contribution < 1.29 is 32.2 Å². The first-order valence-corrected chi connectivity index (χ1v) is 9.04. The number of aromatic nitrogens is 1. The molecule has 0 saturated heterocycles. The molecule has 0 radical (unpaired) electrons. The topological polar surface area (TPSA) is 118 Å². The highest BCUT2D eigenvalue weighted by Crippen LogP contribution is 2.33. The van der Waals surface area contributed by atoms with Gasteiger partial charge in [-0.1, -0.05) is 0 Å². The molecule has 27 heavy (non-hydrogen) atoms. The van der Waals surface area contributed by atoms with Crippen molar-refractivity contribution in [2.24, 2.45) is 0 Å². The molecule has 0 spiro atoms. The average Bonchev–Trinajstić information content (AvgIpc) is 2.98. The summed E-state index contributed by atoms with van der Waals surface area (Å²) in [6.07, 6.45) is 0. The van der Waals surface area contributed by atoms with Crippen molar-refractivity contribution in [1.82, 2.24) is 4.98 Å². The van der Waals surface area contributed by atoms with Crippen molar-refractivity contribution >= 4 is 32.6 Å². The van der Waals surface area contributed by atoms with Crippen LogP contribution in [0, 0.1) is 5.82 Å². The van der Waals surface area contributed by atoms with Gasteiger partial charge in [-0.15, -0.1) is 0 Å². The molecule has 1 aromatic heterocycles. The van der Waals surface area contributed by atoms with E-state index in [1.165, 1.54) is 38.5 Å². The second kappa shape index (κ2) is 6.80. The number of rotatable bonds is 6. The maximum atomic E-state index is 13.6. The van der Waals surface area contributed by atoms with Crippen LogP contribution in [0.25, 0.3) is 10.9 Å². The van der Waals surface area contributed by atoms with Gasteiger partial charge in [0, 0.05) is 17.0 Å². The third-order valence-corrected chi connectivity index (χ3v) is 5.22. The number of halogens is 1. The van der Waals surface area contributed by atoms with E-state index < -0.39 is 27.5 Å². The van der Waals surface area contributed by atoms with Crippen LogP contribution in [-0.4, -0.2) is 38.7 Å². The number of carboxylic acids is 1. The van der Waals surface area contributed by atoms with Crippen LogP contribution in [0.2, 0.25) is 0 Å². The number of benzene rings is 2. The average molecular weight is 394 g/mol. The zero-order valence-electron chi connectivity index (χ0n) is 14.2. The fraction of sp³-hybridized carbons (Fsp3) is 0.118. The van der Waals surface area contributed by atoms with Gasteiger partial charge in [-0.2, -0.15) is 0 Å². The van der Waals surface area contributed by atoms with E-state index in [-0.39, 0.29) is 27.2 Å². The van der Waals surface area contributed by atoms with Crippen LogP contribution in [0.5, 0.6) is 11.5 Å². The summed E-state index contributed by atoms with van der Waals surface area (Å²) in [4.78, 5) is 13.9. The highest BCUT2D eigenvalue weighted by Gasteiger charge is 2.24. The Kier molecular flexibility index (Phi) is 4.66. The van der Waals surface area contributed by atoms with E-state index in [0.29, 0.717) is 5.75 Å². The standard InChI is InChI=1S/C17H15FN2O6S/c1-25-13-6-4-10(8-14(13)26-2)27(23,24)20-15-11-7-9(18)3-5-12(11)19-16(15)17(21)22/h3-8,19-20H,1-2H3,(H,21,22). The first kappa shape index (κ1) is 18.5. The van der Waals surface area contributed by atoms with Crippen molar-refractivity contribution in [2.45, 2.75) is 4.90 Å². The summed E-state index contributed by atoms with van der Waals surface area (Å²) in [6.45, 7) is 0. The van der Waals surface area contributed by atoms with E-state index in [2.05, 4.69) is 9.71 Å². The summed E-state index contributed by atoms with van der Waals surface area (Å²) in [5.41, 5.74) is -0.384. The number of aromatic carboxylic acids is 1. The molecule has 10 heteroatoms. The molecule has 0 unspecified atom stereocenters. The number of anilines is 1. The second-order valence-electron chi connectivity index (χ2n) is 5.49. The van der Waals surface area contributed by atoms with Gasteiger partial charge < -0.3 is 19.6 Å². The molecule has 0 aliphatic heterocycles. The lowest BCUT2D eigenvalue weighted by molar-refractivity contribution is 0.0692. The Bertz CT molecular complexity index is 1140. The van der Waals surface area contributed by atoms with Gasteiger partial charge in [-0.25, -0.2) is 17.6 Å². The van der Waals surface area contributed by atoms with E-state index in [9.17, 15) is 22.7 Å². The molecule has 0 fully saturated rings. The van der Waals surface area contributed by atoms with Crippen molar-refractivity contribution in [1.29, 1.82) is 0 Å². The zero-order chi connectivity index (χ0) is 19.8. The summed E-state index contributed by atoms with van der Waals surface area (Å²) in [6, 6.07) is 7.42. The van der Waals surface area contributed by atoms with Gasteiger partial charge in [0.25, 0.3) is 10.0 Å². The number of ether oxygens (including phenoxy) is 2. The second-order valence-corrected chi connectivity index (χ2v) is 7.17. The Morgan fingerprint density at radius 1 is 1.11 bits per heavy atom. The monoisotopic (exact) mass is 394 g/mol. The number of sulfonamides is 1. The van der Waals surface area contributed by atoms with E-state index in [1.807, 2.05) is 0 Å². The van der Waals surface area contributed by atoms with Crippen LogP contribution in [0.3, 0.4) is 0 Å². The SMILES string of the molecule is COc1ccc(S(=O)(=O)Nc2c(C(=O)O)[nH]c3ccc(F)cc23)cc1OC. The van der Waals surface area contributed by atoms with Crippen LogP contribution in [0.1, 0.15) is 10.5 Å². The number of hydrogen-bond donors (Lipinski definition) is 3. The maximum Gasteiger partial charge on any atom is 0.354 e. The molecule has 8 nitrogen and oxygen atoms in total. The van der Waals surface area contributed by atoms with E-state index in [0.717, 1.165) is 12.1 Å².